The smallest absolute Gasteiger partial charge is 0.353 e. The summed E-state index contributed by atoms with van der Waals surface area (Å²) in [6, 6.07) is 6.30. The van der Waals surface area contributed by atoms with E-state index < -0.39 is 11.7 Å². The number of piperidine rings is 1. The van der Waals surface area contributed by atoms with Gasteiger partial charge in [0, 0.05) is 24.0 Å². The van der Waals surface area contributed by atoms with Gasteiger partial charge in [-0.1, -0.05) is 19.1 Å². The molecule has 2 aliphatic rings. The van der Waals surface area contributed by atoms with E-state index in [4.69, 9.17) is 0 Å². The van der Waals surface area contributed by atoms with Crippen molar-refractivity contribution >= 4 is 5.91 Å². The molecule has 2 heterocycles. The molecule has 3 rings (SSSR count). The van der Waals surface area contributed by atoms with E-state index >= 15 is 0 Å². The van der Waals surface area contributed by atoms with Crippen LogP contribution in [0.5, 0.6) is 0 Å². The molecule has 3 atom stereocenters. The zero-order valence-corrected chi connectivity index (χ0v) is 13.7. The Hall–Kier alpha value is -1.56. The third-order valence-electron chi connectivity index (χ3n) is 5.09. The first-order valence-electron chi connectivity index (χ1n) is 8.54. The molecule has 2 bridgehead atoms. The molecule has 0 aliphatic carbocycles. The van der Waals surface area contributed by atoms with Crippen LogP contribution in [0, 0.1) is 5.92 Å². The normalized spacial score (nSPS) is 27.8. The molecule has 3 nitrogen and oxygen atoms in total. The van der Waals surface area contributed by atoms with Crippen LogP contribution in [0.3, 0.4) is 0 Å². The van der Waals surface area contributed by atoms with Gasteiger partial charge in [0.2, 0.25) is 5.91 Å². The molecular weight excluding hydrogens is 317 g/mol. The van der Waals surface area contributed by atoms with Crippen molar-refractivity contribution in [2.75, 3.05) is 0 Å². The summed E-state index contributed by atoms with van der Waals surface area (Å²) < 4.78 is 37.7. The highest BCUT2D eigenvalue weighted by Crippen LogP contribution is 2.29. The Kier molecular flexibility index (Phi) is 4.85. The quantitative estimate of drug-likeness (QED) is 0.883. The Labute approximate surface area is 140 Å². The first kappa shape index (κ1) is 17.3. The largest absolute Gasteiger partial charge is 0.416 e. The summed E-state index contributed by atoms with van der Waals surface area (Å²) >= 11 is 0. The highest BCUT2D eigenvalue weighted by Gasteiger charge is 2.34. The Morgan fingerprint density at radius 1 is 1.21 bits per heavy atom. The second kappa shape index (κ2) is 6.75. The van der Waals surface area contributed by atoms with Crippen molar-refractivity contribution in [1.29, 1.82) is 0 Å². The van der Waals surface area contributed by atoms with Gasteiger partial charge >= 0.3 is 6.18 Å². The van der Waals surface area contributed by atoms with Crippen LogP contribution in [0.4, 0.5) is 13.2 Å². The molecule has 1 aromatic carbocycles. The molecule has 2 N–H and O–H groups in total. The van der Waals surface area contributed by atoms with Gasteiger partial charge in [-0.15, -0.1) is 0 Å². The summed E-state index contributed by atoms with van der Waals surface area (Å²) in [4.78, 5) is 12.4. The maximum Gasteiger partial charge on any atom is 0.416 e. The van der Waals surface area contributed by atoms with Gasteiger partial charge in [-0.05, 0) is 49.8 Å². The number of fused-ring (bicyclic) bond motifs is 2. The lowest BCUT2D eigenvalue weighted by Crippen LogP contribution is -2.49. The fourth-order valence-electron chi connectivity index (χ4n) is 3.79. The standard InChI is InChI=1S/C18H23F3N2O/c1-11(8-12-2-4-13(5-3-12)18(19,20)21)17(24)23-16-9-14-6-7-15(10-16)22-14/h2-5,11,14-16,22H,6-10H2,1H3,(H,23,24). The van der Waals surface area contributed by atoms with Crippen molar-refractivity contribution in [2.45, 2.75) is 63.3 Å². The molecule has 0 saturated carbocycles. The number of hydrogen-bond acceptors (Lipinski definition) is 2. The van der Waals surface area contributed by atoms with Crippen molar-refractivity contribution < 1.29 is 18.0 Å². The van der Waals surface area contributed by atoms with Gasteiger partial charge in [-0.3, -0.25) is 4.79 Å². The molecule has 2 fully saturated rings. The number of rotatable bonds is 4. The number of nitrogens with one attached hydrogen (secondary N) is 2. The van der Waals surface area contributed by atoms with Crippen LogP contribution >= 0.6 is 0 Å². The molecule has 24 heavy (non-hydrogen) atoms. The second-order valence-electron chi connectivity index (χ2n) is 7.11. The zero-order valence-electron chi connectivity index (χ0n) is 13.7. The predicted molar refractivity (Wildman–Crippen MR) is 85.4 cm³/mol. The minimum Gasteiger partial charge on any atom is -0.353 e. The summed E-state index contributed by atoms with van der Waals surface area (Å²) in [5, 5.41) is 6.65. The molecule has 132 valence electrons. The number of benzene rings is 1. The first-order valence-corrected chi connectivity index (χ1v) is 8.54. The molecular formula is C18H23F3N2O. The van der Waals surface area contributed by atoms with E-state index in [1.54, 1.807) is 0 Å². The lowest BCUT2D eigenvalue weighted by atomic mass is 9.96. The fourth-order valence-corrected chi connectivity index (χ4v) is 3.79. The van der Waals surface area contributed by atoms with Crippen LogP contribution < -0.4 is 10.6 Å². The minimum absolute atomic E-state index is 0.0128. The van der Waals surface area contributed by atoms with E-state index in [0.717, 1.165) is 30.5 Å². The van der Waals surface area contributed by atoms with E-state index in [9.17, 15) is 18.0 Å². The second-order valence-corrected chi connectivity index (χ2v) is 7.11. The molecule has 0 aromatic heterocycles. The van der Waals surface area contributed by atoms with Crippen molar-refractivity contribution in [2.24, 2.45) is 5.92 Å². The van der Waals surface area contributed by atoms with Crippen molar-refractivity contribution in [3.05, 3.63) is 35.4 Å². The molecule has 6 heteroatoms. The Bertz CT molecular complexity index is 573. The summed E-state index contributed by atoms with van der Waals surface area (Å²) in [6.45, 7) is 1.82. The molecule has 1 aromatic rings. The Balaban J connectivity index is 1.52. The topological polar surface area (TPSA) is 41.1 Å². The van der Waals surface area contributed by atoms with E-state index in [-0.39, 0.29) is 17.9 Å². The van der Waals surface area contributed by atoms with Crippen molar-refractivity contribution in [3.63, 3.8) is 0 Å². The summed E-state index contributed by atoms with van der Waals surface area (Å²) in [5.74, 6) is -0.268. The average molecular weight is 340 g/mol. The van der Waals surface area contributed by atoms with Crippen molar-refractivity contribution in [1.82, 2.24) is 10.6 Å². The fraction of sp³-hybridized carbons (Fsp3) is 0.611. The molecule has 2 saturated heterocycles. The third kappa shape index (κ3) is 4.09. The summed E-state index contributed by atoms with van der Waals surface area (Å²) in [6.07, 6.45) is 0.415. The molecule has 1 amide bonds. The number of hydrogen-bond donors (Lipinski definition) is 2. The average Bonchev–Trinajstić information content (AvgIpc) is 2.85. The number of carbonyl (C=O) groups is 1. The van der Waals surface area contributed by atoms with Crippen LogP contribution in [0.15, 0.2) is 24.3 Å². The van der Waals surface area contributed by atoms with E-state index in [1.807, 2.05) is 6.92 Å². The monoisotopic (exact) mass is 340 g/mol. The van der Waals surface area contributed by atoms with E-state index in [0.29, 0.717) is 18.5 Å². The first-order chi connectivity index (χ1) is 11.3. The SMILES string of the molecule is CC(Cc1ccc(C(F)(F)F)cc1)C(=O)NC1CC2CCC(C1)N2. The number of alkyl halides is 3. The minimum atomic E-state index is -4.32. The van der Waals surface area contributed by atoms with Gasteiger partial charge in [0.1, 0.15) is 0 Å². The van der Waals surface area contributed by atoms with Gasteiger partial charge in [0.05, 0.1) is 5.56 Å². The maximum absolute atomic E-state index is 12.6. The van der Waals surface area contributed by atoms with Gasteiger partial charge < -0.3 is 10.6 Å². The molecule has 2 aliphatic heterocycles. The molecule has 3 unspecified atom stereocenters. The van der Waals surface area contributed by atoms with Crippen LogP contribution in [0.1, 0.15) is 43.7 Å². The number of carbonyl (C=O) groups excluding carboxylic acids is 1. The predicted octanol–water partition coefficient (Wildman–Crippen LogP) is 3.28. The molecule has 0 radical (unpaired) electrons. The highest BCUT2D eigenvalue weighted by atomic mass is 19.4. The lowest BCUT2D eigenvalue weighted by Gasteiger charge is -2.30. The lowest BCUT2D eigenvalue weighted by molar-refractivity contribution is -0.137. The maximum atomic E-state index is 12.6. The van der Waals surface area contributed by atoms with Gasteiger partial charge in [0.25, 0.3) is 0 Å². The van der Waals surface area contributed by atoms with Gasteiger partial charge in [-0.25, -0.2) is 0 Å². The summed E-state index contributed by atoms with van der Waals surface area (Å²) in [7, 11) is 0. The van der Waals surface area contributed by atoms with Crippen LogP contribution in [0.25, 0.3) is 0 Å². The van der Waals surface area contributed by atoms with Gasteiger partial charge in [0.15, 0.2) is 0 Å². The summed E-state index contributed by atoms with van der Waals surface area (Å²) in [5.41, 5.74) is 0.0876. The van der Waals surface area contributed by atoms with Crippen LogP contribution in [-0.2, 0) is 17.4 Å². The van der Waals surface area contributed by atoms with E-state index in [2.05, 4.69) is 10.6 Å². The molecule has 0 spiro atoms. The van der Waals surface area contributed by atoms with Crippen molar-refractivity contribution in [3.8, 4) is 0 Å². The zero-order chi connectivity index (χ0) is 17.3. The number of halogens is 3. The number of amides is 1. The van der Waals surface area contributed by atoms with Crippen LogP contribution in [0.2, 0.25) is 0 Å². The van der Waals surface area contributed by atoms with Crippen LogP contribution in [-0.4, -0.2) is 24.0 Å². The Morgan fingerprint density at radius 2 is 1.79 bits per heavy atom. The van der Waals surface area contributed by atoms with Gasteiger partial charge in [-0.2, -0.15) is 13.2 Å². The Morgan fingerprint density at radius 3 is 2.33 bits per heavy atom. The highest BCUT2D eigenvalue weighted by molar-refractivity contribution is 5.78. The third-order valence-corrected chi connectivity index (χ3v) is 5.09. The van der Waals surface area contributed by atoms with E-state index in [1.165, 1.54) is 25.0 Å².